The standard InChI is InChI=1S/C23H21N3O6/c27-22(24-13-18-4-3-11-29-18)15-30-17-9-7-16(8-10-17)12-25-26-23(28)21-14-31-19-5-1-2-6-20(19)32-21/h1-12,21H,13-15H2,(H,24,27)(H,26,28)/b25-12-/t21-/m1/s1. The van der Waals surface area contributed by atoms with Gasteiger partial charge in [0.05, 0.1) is 19.0 Å². The maximum absolute atomic E-state index is 12.2. The molecule has 0 unspecified atom stereocenters. The van der Waals surface area contributed by atoms with Crippen molar-refractivity contribution in [2.75, 3.05) is 13.2 Å². The van der Waals surface area contributed by atoms with E-state index < -0.39 is 12.0 Å². The zero-order valence-electron chi connectivity index (χ0n) is 17.0. The first-order valence-electron chi connectivity index (χ1n) is 9.91. The number of carbonyl (C=O) groups is 2. The van der Waals surface area contributed by atoms with Crippen LogP contribution in [0.5, 0.6) is 17.2 Å². The lowest BCUT2D eigenvalue weighted by Crippen LogP contribution is -2.42. The van der Waals surface area contributed by atoms with Gasteiger partial charge in [0.25, 0.3) is 11.8 Å². The molecule has 0 fully saturated rings. The average molecular weight is 435 g/mol. The molecule has 2 N–H and O–H groups in total. The first-order valence-corrected chi connectivity index (χ1v) is 9.91. The summed E-state index contributed by atoms with van der Waals surface area (Å²) in [5, 5.41) is 6.65. The molecule has 2 aromatic carbocycles. The number of fused-ring (bicyclic) bond motifs is 1. The molecular weight excluding hydrogens is 414 g/mol. The maximum atomic E-state index is 12.2. The molecule has 164 valence electrons. The van der Waals surface area contributed by atoms with Crippen molar-refractivity contribution in [2.45, 2.75) is 12.6 Å². The second-order valence-corrected chi connectivity index (χ2v) is 6.81. The zero-order chi connectivity index (χ0) is 22.2. The van der Waals surface area contributed by atoms with Crippen molar-refractivity contribution in [3.63, 3.8) is 0 Å². The highest BCUT2D eigenvalue weighted by Gasteiger charge is 2.26. The number of ether oxygens (including phenoxy) is 3. The summed E-state index contributed by atoms with van der Waals surface area (Å²) >= 11 is 0. The molecule has 32 heavy (non-hydrogen) atoms. The molecule has 1 atom stereocenters. The molecule has 0 radical (unpaired) electrons. The molecule has 1 aliphatic rings. The quantitative estimate of drug-likeness (QED) is 0.415. The summed E-state index contributed by atoms with van der Waals surface area (Å²) in [5.41, 5.74) is 3.19. The molecule has 9 nitrogen and oxygen atoms in total. The maximum Gasteiger partial charge on any atom is 0.284 e. The van der Waals surface area contributed by atoms with Crippen LogP contribution in [0.1, 0.15) is 11.3 Å². The van der Waals surface area contributed by atoms with Crippen molar-refractivity contribution < 1.29 is 28.2 Å². The van der Waals surface area contributed by atoms with Crippen LogP contribution in [-0.2, 0) is 16.1 Å². The van der Waals surface area contributed by atoms with Gasteiger partial charge in [0.1, 0.15) is 18.1 Å². The van der Waals surface area contributed by atoms with E-state index in [0.717, 1.165) is 5.56 Å². The zero-order valence-corrected chi connectivity index (χ0v) is 17.0. The Morgan fingerprint density at radius 2 is 1.88 bits per heavy atom. The van der Waals surface area contributed by atoms with Crippen LogP contribution in [0.15, 0.2) is 76.4 Å². The summed E-state index contributed by atoms with van der Waals surface area (Å²) in [7, 11) is 0. The Hall–Kier alpha value is -4.27. The minimum atomic E-state index is -0.781. The van der Waals surface area contributed by atoms with Gasteiger partial charge < -0.3 is 23.9 Å². The Kier molecular flexibility index (Phi) is 6.66. The van der Waals surface area contributed by atoms with Crippen LogP contribution >= 0.6 is 0 Å². The highest BCUT2D eigenvalue weighted by molar-refractivity contribution is 5.85. The van der Waals surface area contributed by atoms with Crippen LogP contribution in [-0.4, -0.2) is 37.3 Å². The van der Waals surface area contributed by atoms with E-state index in [4.69, 9.17) is 18.6 Å². The van der Waals surface area contributed by atoms with Crippen LogP contribution in [0.25, 0.3) is 0 Å². The van der Waals surface area contributed by atoms with E-state index in [1.165, 1.54) is 6.21 Å². The highest BCUT2D eigenvalue weighted by atomic mass is 16.6. The van der Waals surface area contributed by atoms with Crippen molar-refractivity contribution in [3.8, 4) is 17.2 Å². The first kappa shape index (κ1) is 21.0. The number of hydrogen-bond donors (Lipinski definition) is 2. The number of benzene rings is 2. The monoisotopic (exact) mass is 435 g/mol. The number of para-hydroxylation sites is 2. The van der Waals surface area contributed by atoms with E-state index in [0.29, 0.717) is 29.6 Å². The van der Waals surface area contributed by atoms with Gasteiger partial charge in [-0.1, -0.05) is 12.1 Å². The minimum absolute atomic E-state index is 0.111. The first-order chi connectivity index (χ1) is 15.7. The van der Waals surface area contributed by atoms with Gasteiger partial charge in [-0.25, -0.2) is 5.43 Å². The normalized spacial score (nSPS) is 14.7. The molecule has 0 aliphatic carbocycles. The van der Waals surface area contributed by atoms with Crippen molar-refractivity contribution in [3.05, 3.63) is 78.3 Å². The Labute approximate surface area is 184 Å². The number of furan rings is 1. The predicted octanol–water partition coefficient (Wildman–Crippen LogP) is 2.26. The molecule has 9 heteroatoms. The van der Waals surface area contributed by atoms with E-state index in [-0.39, 0.29) is 19.1 Å². The van der Waals surface area contributed by atoms with Gasteiger partial charge >= 0.3 is 0 Å². The third kappa shape index (κ3) is 5.66. The third-order valence-corrected chi connectivity index (χ3v) is 4.48. The van der Waals surface area contributed by atoms with Gasteiger partial charge in [0.2, 0.25) is 6.10 Å². The second-order valence-electron chi connectivity index (χ2n) is 6.81. The Balaban J connectivity index is 1.19. The van der Waals surface area contributed by atoms with Crippen LogP contribution < -0.4 is 25.0 Å². The van der Waals surface area contributed by atoms with E-state index in [1.807, 2.05) is 6.07 Å². The average Bonchev–Trinajstić information content (AvgIpc) is 3.35. The molecule has 3 aromatic rings. The molecule has 2 heterocycles. The summed E-state index contributed by atoms with van der Waals surface area (Å²) in [6.45, 7) is 0.303. The fourth-order valence-corrected chi connectivity index (χ4v) is 2.84. The lowest BCUT2D eigenvalue weighted by Gasteiger charge is -2.24. The third-order valence-electron chi connectivity index (χ3n) is 4.48. The molecule has 0 spiro atoms. The number of hydrogen-bond acceptors (Lipinski definition) is 7. The van der Waals surface area contributed by atoms with Crippen LogP contribution in [0, 0.1) is 0 Å². The number of hydrazone groups is 1. The fraction of sp³-hybridized carbons (Fsp3) is 0.174. The van der Waals surface area contributed by atoms with Gasteiger partial charge in [0, 0.05) is 0 Å². The summed E-state index contributed by atoms with van der Waals surface area (Å²) < 4.78 is 21.8. The summed E-state index contributed by atoms with van der Waals surface area (Å²) in [6, 6.07) is 17.6. The number of rotatable bonds is 8. The van der Waals surface area contributed by atoms with Crippen molar-refractivity contribution >= 4 is 18.0 Å². The molecule has 0 saturated carbocycles. The predicted molar refractivity (Wildman–Crippen MR) is 115 cm³/mol. The highest BCUT2D eigenvalue weighted by Crippen LogP contribution is 2.30. The summed E-state index contributed by atoms with van der Waals surface area (Å²) in [5.74, 6) is 1.67. The van der Waals surface area contributed by atoms with Gasteiger partial charge in [-0.2, -0.15) is 5.10 Å². The Morgan fingerprint density at radius 3 is 2.66 bits per heavy atom. The molecule has 0 saturated heterocycles. The van der Waals surface area contributed by atoms with E-state index in [1.54, 1.807) is 60.9 Å². The molecule has 2 amide bonds. The Bertz CT molecular complexity index is 1080. The summed E-state index contributed by atoms with van der Waals surface area (Å²) in [6.07, 6.45) is 2.26. The molecule has 1 aliphatic heterocycles. The van der Waals surface area contributed by atoms with Gasteiger partial charge in [-0.05, 0) is 54.1 Å². The topological polar surface area (TPSA) is 111 Å². The van der Waals surface area contributed by atoms with E-state index >= 15 is 0 Å². The molecule has 0 bridgehead atoms. The van der Waals surface area contributed by atoms with Crippen molar-refractivity contribution in [2.24, 2.45) is 5.10 Å². The largest absolute Gasteiger partial charge is 0.485 e. The van der Waals surface area contributed by atoms with Gasteiger partial charge in [-0.3, -0.25) is 9.59 Å². The van der Waals surface area contributed by atoms with Crippen molar-refractivity contribution in [1.82, 2.24) is 10.7 Å². The molecular formula is C23H21N3O6. The van der Waals surface area contributed by atoms with E-state index in [9.17, 15) is 9.59 Å². The van der Waals surface area contributed by atoms with Crippen LogP contribution in [0.4, 0.5) is 0 Å². The fourth-order valence-electron chi connectivity index (χ4n) is 2.84. The van der Waals surface area contributed by atoms with Crippen LogP contribution in [0.3, 0.4) is 0 Å². The van der Waals surface area contributed by atoms with E-state index in [2.05, 4.69) is 15.8 Å². The van der Waals surface area contributed by atoms with Gasteiger partial charge in [0.15, 0.2) is 18.1 Å². The second kappa shape index (κ2) is 10.2. The molecule has 1 aromatic heterocycles. The van der Waals surface area contributed by atoms with Crippen LogP contribution in [0.2, 0.25) is 0 Å². The lowest BCUT2D eigenvalue weighted by atomic mass is 10.2. The number of nitrogens with one attached hydrogen (secondary N) is 2. The number of carbonyl (C=O) groups excluding carboxylic acids is 2. The SMILES string of the molecule is O=C(COc1ccc(/C=N\NC(=O)[C@H]2COc3ccccc3O2)cc1)NCc1ccco1. The summed E-state index contributed by atoms with van der Waals surface area (Å²) in [4.78, 5) is 24.1. The van der Waals surface area contributed by atoms with Gasteiger partial charge in [-0.15, -0.1) is 0 Å². The number of amides is 2. The number of nitrogens with zero attached hydrogens (tertiary/aromatic N) is 1. The lowest BCUT2D eigenvalue weighted by molar-refractivity contribution is -0.130. The van der Waals surface area contributed by atoms with Crippen molar-refractivity contribution in [1.29, 1.82) is 0 Å². The smallest absolute Gasteiger partial charge is 0.284 e. The minimum Gasteiger partial charge on any atom is -0.485 e. The molecule has 4 rings (SSSR count). The Morgan fingerprint density at radius 1 is 1.06 bits per heavy atom.